The second-order valence-corrected chi connectivity index (χ2v) is 9.36. The van der Waals surface area contributed by atoms with Crippen molar-refractivity contribution in [3.63, 3.8) is 0 Å². The van der Waals surface area contributed by atoms with Gasteiger partial charge in [0.1, 0.15) is 19.3 Å². The monoisotopic (exact) mass is 412 g/mol. The van der Waals surface area contributed by atoms with Gasteiger partial charge in [-0.05, 0) is 31.9 Å². The van der Waals surface area contributed by atoms with Gasteiger partial charge in [-0.15, -0.1) is 0 Å². The van der Waals surface area contributed by atoms with E-state index in [0.29, 0.717) is 37.8 Å². The molecule has 0 saturated carbocycles. The van der Waals surface area contributed by atoms with Crippen molar-refractivity contribution in [3.05, 3.63) is 18.2 Å². The standard InChI is InChI=1S/C19H28N2O6S/c1-12(2)18(19(22)21-10-13(3)27-14(4)11-21)20-28(23,24)15-5-6-16-17(9-15)26-8-7-25-16/h5-6,9,12-14,18,20H,7-8,10-11H2,1-4H3/t13-,14-,18+/m0/s1. The minimum absolute atomic E-state index is 0.0407. The number of fused-ring (bicyclic) bond motifs is 1. The third kappa shape index (κ3) is 4.59. The number of nitrogens with one attached hydrogen (secondary N) is 1. The van der Waals surface area contributed by atoms with Gasteiger partial charge in [0.15, 0.2) is 11.5 Å². The first kappa shape index (κ1) is 20.9. The van der Waals surface area contributed by atoms with Crippen molar-refractivity contribution in [1.29, 1.82) is 0 Å². The smallest absolute Gasteiger partial charge is 0.241 e. The van der Waals surface area contributed by atoms with Gasteiger partial charge < -0.3 is 19.1 Å². The molecule has 0 unspecified atom stereocenters. The Morgan fingerprint density at radius 2 is 1.71 bits per heavy atom. The molecule has 1 saturated heterocycles. The average Bonchev–Trinajstić information content (AvgIpc) is 2.64. The van der Waals surface area contributed by atoms with Crippen LogP contribution < -0.4 is 14.2 Å². The maximum Gasteiger partial charge on any atom is 0.241 e. The third-order valence-corrected chi connectivity index (χ3v) is 6.21. The Morgan fingerprint density at radius 3 is 2.32 bits per heavy atom. The van der Waals surface area contributed by atoms with Crippen LogP contribution in [0.4, 0.5) is 0 Å². The highest BCUT2D eigenvalue weighted by atomic mass is 32.2. The third-order valence-electron chi connectivity index (χ3n) is 4.77. The summed E-state index contributed by atoms with van der Waals surface area (Å²) in [6, 6.07) is 3.59. The zero-order chi connectivity index (χ0) is 20.5. The quantitative estimate of drug-likeness (QED) is 0.786. The lowest BCUT2D eigenvalue weighted by atomic mass is 10.0. The van der Waals surface area contributed by atoms with Crippen molar-refractivity contribution in [2.75, 3.05) is 26.3 Å². The molecule has 2 aliphatic rings. The molecule has 1 aromatic carbocycles. The predicted octanol–water partition coefficient (Wildman–Crippen LogP) is 1.40. The van der Waals surface area contributed by atoms with Crippen LogP contribution in [0.1, 0.15) is 27.7 Å². The molecule has 0 aromatic heterocycles. The molecule has 2 heterocycles. The normalized spacial score (nSPS) is 23.5. The highest BCUT2D eigenvalue weighted by Crippen LogP contribution is 2.32. The Labute approximate surface area is 166 Å². The molecule has 0 radical (unpaired) electrons. The Kier molecular flexibility index (Phi) is 6.16. The summed E-state index contributed by atoms with van der Waals surface area (Å²) in [5.41, 5.74) is 0. The fourth-order valence-corrected chi connectivity index (χ4v) is 4.80. The SMILES string of the molecule is CC(C)[C@@H](NS(=O)(=O)c1ccc2c(c1)OCCO2)C(=O)N1C[C@H](C)O[C@@H](C)C1. The summed E-state index contributed by atoms with van der Waals surface area (Å²) >= 11 is 0. The number of ether oxygens (including phenoxy) is 3. The topological polar surface area (TPSA) is 94.2 Å². The second kappa shape index (κ2) is 8.26. The van der Waals surface area contributed by atoms with Crippen molar-refractivity contribution in [2.24, 2.45) is 5.92 Å². The van der Waals surface area contributed by atoms with Crippen LogP contribution in [0.3, 0.4) is 0 Å². The zero-order valence-electron chi connectivity index (χ0n) is 16.7. The molecule has 3 rings (SSSR count). The molecule has 1 aromatic rings. The Hall–Kier alpha value is -1.84. The largest absolute Gasteiger partial charge is 0.486 e. The predicted molar refractivity (Wildman–Crippen MR) is 103 cm³/mol. The average molecular weight is 413 g/mol. The van der Waals surface area contributed by atoms with Gasteiger partial charge in [0.2, 0.25) is 15.9 Å². The van der Waals surface area contributed by atoms with E-state index in [1.165, 1.54) is 12.1 Å². The number of sulfonamides is 1. The van der Waals surface area contributed by atoms with Gasteiger partial charge >= 0.3 is 0 Å². The Balaban J connectivity index is 1.80. The number of nitrogens with zero attached hydrogens (tertiary/aromatic N) is 1. The van der Waals surface area contributed by atoms with E-state index in [4.69, 9.17) is 14.2 Å². The number of carbonyl (C=O) groups excluding carboxylic acids is 1. The molecule has 1 fully saturated rings. The van der Waals surface area contributed by atoms with Crippen molar-refractivity contribution >= 4 is 15.9 Å². The summed E-state index contributed by atoms with van der Waals surface area (Å²) in [5.74, 6) is 0.446. The number of amides is 1. The number of hydrogen-bond donors (Lipinski definition) is 1. The van der Waals surface area contributed by atoms with E-state index in [-0.39, 0.29) is 28.9 Å². The lowest BCUT2D eigenvalue weighted by molar-refractivity contribution is -0.145. The van der Waals surface area contributed by atoms with Gasteiger partial charge in [0.05, 0.1) is 17.1 Å². The molecular weight excluding hydrogens is 384 g/mol. The number of carbonyl (C=O) groups is 1. The van der Waals surface area contributed by atoms with Gasteiger partial charge in [0.25, 0.3) is 0 Å². The van der Waals surface area contributed by atoms with Gasteiger partial charge in [-0.1, -0.05) is 13.8 Å². The molecule has 0 bridgehead atoms. The van der Waals surface area contributed by atoms with Crippen LogP contribution in [0.2, 0.25) is 0 Å². The van der Waals surface area contributed by atoms with Gasteiger partial charge in [0, 0.05) is 19.2 Å². The summed E-state index contributed by atoms with van der Waals surface area (Å²) in [5, 5.41) is 0. The lowest BCUT2D eigenvalue weighted by Crippen LogP contribution is -2.56. The highest BCUT2D eigenvalue weighted by molar-refractivity contribution is 7.89. The Morgan fingerprint density at radius 1 is 1.11 bits per heavy atom. The molecule has 28 heavy (non-hydrogen) atoms. The van der Waals surface area contributed by atoms with Gasteiger partial charge in [-0.3, -0.25) is 4.79 Å². The van der Waals surface area contributed by atoms with E-state index in [1.54, 1.807) is 11.0 Å². The fourth-order valence-electron chi connectivity index (χ4n) is 3.45. The van der Waals surface area contributed by atoms with Crippen LogP contribution in [0.5, 0.6) is 11.5 Å². The number of benzene rings is 1. The van der Waals surface area contributed by atoms with Crippen molar-refractivity contribution < 1.29 is 27.4 Å². The number of morpholine rings is 1. The van der Waals surface area contributed by atoms with Crippen LogP contribution in [0.15, 0.2) is 23.1 Å². The van der Waals surface area contributed by atoms with Crippen molar-refractivity contribution in [1.82, 2.24) is 9.62 Å². The van der Waals surface area contributed by atoms with E-state index in [2.05, 4.69) is 4.72 Å². The first-order valence-corrected chi connectivity index (χ1v) is 11.0. The molecule has 1 amide bonds. The molecular formula is C19H28N2O6S. The first-order chi connectivity index (χ1) is 13.2. The molecule has 0 aliphatic carbocycles. The minimum atomic E-state index is -3.91. The van der Waals surface area contributed by atoms with E-state index in [9.17, 15) is 13.2 Å². The van der Waals surface area contributed by atoms with Gasteiger partial charge in [-0.25, -0.2) is 8.42 Å². The van der Waals surface area contributed by atoms with E-state index < -0.39 is 16.1 Å². The molecule has 156 valence electrons. The minimum Gasteiger partial charge on any atom is -0.486 e. The molecule has 8 nitrogen and oxygen atoms in total. The summed E-state index contributed by atoms with van der Waals surface area (Å²) in [6.45, 7) is 9.13. The van der Waals surface area contributed by atoms with Crippen LogP contribution in [-0.2, 0) is 19.6 Å². The van der Waals surface area contributed by atoms with Crippen LogP contribution in [0, 0.1) is 5.92 Å². The van der Waals surface area contributed by atoms with Crippen LogP contribution >= 0.6 is 0 Å². The Bertz CT molecular complexity index is 816. The maximum absolute atomic E-state index is 13.1. The second-order valence-electron chi connectivity index (χ2n) is 7.65. The summed E-state index contributed by atoms with van der Waals surface area (Å²) in [6.07, 6.45) is -0.176. The molecule has 3 atom stereocenters. The maximum atomic E-state index is 13.1. The molecule has 9 heteroatoms. The summed E-state index contributed by atoms with van der Waals surface area (Å²) < 4.78 is 45.1. The van der Waals surface area contributed by atoms with E-state index >= 15 is 0 Å². The van der Waals surface area contributed by atoms with E-state index in [1.807, 2.05) is 27.7 Å². The van der Waals surface area contributed by atoms with E-state index in [0.717, 1.165) is 0 Å². The zero-order valence-corrected chi connectivity index (χ0v) is 17.5. The molecule has 2 aliphatic heterocycles. The molecule has 0 spiro atoms. The molecule has 1 N–H and O–H groups in total. The van der Waals surface area contributed by atoms with Crippen molar-refractivity contribution in [2.45, 2.75) is 50.8 Å². The van der Waals surface area contributed by atoms with Gasteiger partial charge in [-0.2, -0.15) is 4.72 Å². The van der Waals surface area contributed by atoms with Crippen LogP contribution in [0.25, 0.3) is 0 Å². The lowest BCUT2D eigenvalue weighted by Gasteiger charge is -2.38. The summed E-state index contributed by atoms with van der Waals surface area (Å²) in [4.78, 5) is 14.8. The fraction of sp³-hybridized carbons (Fsp3) is 0.632. The van der Waals surface area contributed by atoms with Crippen LogP contribution in [-0.4, -0.2) is 63.8 Å². The number of rotatable bonds is 5. The first-order valence-electron chi connectivity index (χ1n) is 9.53. The van der Waals surface area contributed by atoms with Crippen molar-refractivity contribution in [3.8, 4) is 11.5 Å². The highest BCUT2D eigenvalue weighted by Gasteiger charge is 2.35. The number of hydrogen-bond acceptors (Lipinski definition) is 6. The summed E-state index contributed by atoms with van der Waals surface area (Å²) in [7, 11) is -3.91.